The van der Waals surface area contributed by atoms with Crippen molar-refractivity contribution >= 4 is 28.5 Å². The number of hydrogen-bond acceptors (Lipinski definition) is 5. The summed E-state index contributed by atoms with van der Waals surface area (Å²) in [5.41, 5.74) is 1.23. The smallest absolute Gasteiger partial charge is 0.339 e. The topological polar surface area (TPSA) is 80.0 Å². The van der Waals surface area contributed by atoms with Gasteiger partial charge in [-0.25, -0.2) is 9.18 Å². The van der Waals surface area contributed by atoms with Crippen molar-refractivity contribution in [1.29, 1.82) is 0 Å². The van der Waals surface area contributed by atoms with Gasteiger partial charge in [-0.05, 0) is 62.4 Å². The van der Waals surface area contributed by atoms with Crippen molar-refractivity contribution < 1.29 is 23.4 Å². The number of benzene rings is 2. The van der Waals surface area contributed by atoms with E-state index in [9.17, 15) is 19.1 Å². The summed E-state index contributed by atoms with van der Waals surface area (Å²) in [5.74, 6) is 0.226. The number of amides is 1. The predicted molar refractivity (Wildman–Crippen MR) is 139 cm³/mol. The van der Waals surface area contributed by atoms with Crippen LogP contribution in [0.1, 0.15) is 55.2 Å². The summed E-state index contributed by atoms with van der Waals surface area (Å²) in [7, 11) is 0. The number of fused-ring (bicyclic) bond motifs is 2. The molecule has 2 unspecified atom stereocenters. The lowest BCUT2D eigenvalue weighted by molar-refractivity contribution is -0.143. The highest BCUT2D eigenvalue weighted by atomic mass is 35.5. The maximum absolute atomic E-state index is 13.3. The SMILES string of the molecule is Cc1c(CCC(=O)N2CCC3(O)CCCCC3C2)c(=O)oc2cc(OCc3ccc(F)cc3Cl)ccc12. The van der Waals surface area contributed by atoms with Crippen LogP contribution in [0.4, 0.5) is 4.39 Å². The van der Waals surface area contributed by atoms with Gasteiger partial charge >= 0.3 is 5.63 Å². The Balaban J connectivity index is 1.25. The molecule has 0 bridgehead atoms. The molecule has 37 heavy (non-hydrogen) atoms. The van der Waals surface area contributed by atoms with Gasteiger partial charge in [-0.15, -0.1) is 0 Å². The molecule has 2 aliphatic rings. The van der Waals surface area contributed by atoms with Crippen LogP contribution in [0.15, 0.2) is 45.6 Å². The summed E-state index contributed by atoms with van der Waals surface area (Å²) in [6.45, 7) is 3.15. The minimum absolute atomic E-state index is 0.00900. The highest BCUT2D eigenvalue weighted by molar-refractivity contribution is 6.31. The number of hydrogen-bond donors (Lipinski definition) is 1. The second-order valence-electron chi connectivity index (χ2n) is 10.3. The van der Waals surface area contributed by atoms with Gasteiger partial charge < -0.3 is 19.2 Å². The molecule has 2 atom stereocenters. The molecule has 3 aromatic rings. The van der Waals surface area contributed by atoms with E-state index in [1.54, 1.807) is 18.2 Å². The van der Waals surface area contributed by atoms with E-state index in [4.69, 9.17) is 20.8 Å². The zero-order valence-electron chi connectivity index (χ0n) is 20.9. The van der Waals surface area contributed by atoms with Crippen LogP contribution in [0.2, 0.25) is 5.02 Å². The number of carbonyl (C=O) groups excluding carboxylic acids is 1. The number of piperidine rings is 1. The van der Waals surface area contributed by atoms with E-state index in [0.717, 1.165) is 36.6 Å². The van der Waals surface area contributed by atoms with Crippen LogP contribution in [-0.2, 0) is 17.8 Å². The van der Waals surface area contributed by atoms with Gasteiger partial charge in [-0.3, -0.25) is 4.79 Å². The van der Waals surface area contributed by atoms with Gasteiger partial charge in [0.25, 0.3) is 0 Å². The number of halogens is 2. The fourth-order valence-corrected chi connectivity index (χ4v) is 5.96. The van der Waals surface area contributed by atoms with Gasteiger partial charge in [0.2, 0.25) is 5.91 Å². The molecule has 2 heterocycles. The molecule has 196 valence electrons. The van der Waals surface area contributed by atoms with Crippen LogP contribution >= 0.6 is 11.6 Å². The molecular formula is C29H31ClFNO5. The van der Waals surface area contributed by atoms with Gasteiger partial charge in [0, 0.05) is 48.0 Å². The molecular weight excluding hydrogens is 497 g/mol. The molecule has 1 N–H and O–H groups in total. The van der Waals surface area contributed by atoms with Crippen LogP contribution in [-0.4, -0.2) is 34.6 Å². The first-order valence-corrected chi connectivity index (χ1v) is 13.2. The van der Waals surface area contributed by atoms with E-state index >= 15 is 0 Å². The molecule has 8 heteroatoms. The Bertz CT molecular complexity index is 1390. The van der Waals surface area contributed by atoms with Crippen LogP contribution in [0.25, 0.3) is 11.0 Å². The molecule has 0 radical (unpaired) electrons. The normalized spacial score (nSPS) is 21.6. The van der Waals surface area contributed by atoms with Crippen molar-refractivity contribution in [2.45, 2.75) is 64.1 Å². The molecule has 2 aromatic carbocycles. The van der Waals surface area contributed by atoms with E-state index < -0.39 is 17.0 Å². The van der Waals surface area contributed by atoms with E-state index in [-0.39, 0.29) is 29.9 Å². The summed E-state index contributed by atoms with van der Waals surface area (Å²) in [6.07, 6.45) is 5.07. The van der Waals surface area contributed by atoms with Gasteiger partial charge in [0.05, 0.1) is 10.6 Å². The Hall–Kier alpha value is -2.90. The fourth-order valence-electron chi connectivity index (χ4n) is 5.74. The third-order valence-corrected chi connectivity index (χ3v) is 8.39. The van der Waals surface area contributed by atoms with Gasteiger partial charge in [0.1, 0.15) is 23.8 Å². The number of ether oxygens (including phenoxy) is 1. The first-order valence-electron chi connectivity index (χ1n) is 12.9. The number of aliphatic hydroxyl groups is 1. The maximum Gasteiger partial charge on any atom is 0.339 e. The summed E-state index contributed by atoms with van der Waals surface area (Å²) in [6, 6.07) is 9.37. The molecule has 1 saturated heterocycles. The van der Waals surface area contributed by atoms with Gasteiger partial charge in [0.15, 0.2) is 0 Å². The van der Waals surface area contributed by atoms with E-state index in [1.165, 1.54) is 12.1 Å². The standard InChI is InChI=1S/C29H31ClFNO5/c1-18-23-8-7-22(36-17-19-5-6-21(31)14-25(19)30)15-26(23)37-28(34)24(18)9-10-27(33)32-13-12-29(35)11-3-2-4-20(29)16-32/h5-8,14-15,20,35H,2-4,9-13,16-17H2,1H3. The highest BCUT2D eigenvalue weighted by Crippen LogP contribution is 2.40. The maximum atomic E-state index is 13.3. The first kappa shape index (κ1) is 25.7. The lowest BCUT2D eigenvalue weighted by Crippen LogP contribution is -2.54. The Morgan fingerprint density at radius 1 is 1.24 bits per heavy atom. The zero-order valence-corrected chi connectivity index (χ0v) is 21.7. The van der Waals surface area contributed by atoms with Crippen LogP contribution in [0, 0.1) is 18.7 Å². The van der Waals surface area contributed by atoms with Crippen molar-refractivity contribution in [3.05, 3.63) is 74.3 Å². The second kappa shape index (κ2) is 10.5. The third kappa shape index (κ3) is 5.39. The highest BCUT2D eigenvalue weighted by Gasteiger charge is 2.43. The van der Waals surface area contributed by atoms with Crippen LogP contribution in [0.3, 0.4) is 0 Å². The van der Waals surface area contributed by atoms with Crippen molar-refractivity contribution in [3.63, 3.8) is 0 Å². The molecule has 1 aliphatic heterocycles. The van der Waals surface area contributed by atoms with Crippen molar-refractivity contribution in [1.82, 2.24) is 4.90 Å². The molecule has 1 aromatic heterocycles. The Morgan fingerprint density at radius 3 is 2.89 bits per heavy atom. The quantitative estimate of drug-likeness (QED) is 0.425. The summed E-state index contributed by atoms with van der Waals surface area (Å²) in [4.78, 5) is 27.6. The summed E-state index contributed by atoms with van der Waals surface area (Å²) >= 11 is 6.07. The molecule has 1 aliphatic carbocycles. The molecule has 5 rings (SSSR count). The minimum atomic E-state index is -0.626. The van der Waals surface area contributed by atoms with Crippen LogP contribution in [0.5, 0.6) is 5.75 Å². The Labute approximate surface area is 220 Å². The van der Waals surface area contributed by atoms with Crippen LogP contribution < -0.4 is 10.4 Å². The minimum Gasteiger partial charge on any atom is -0.489 e. The summed E-state index contributed by atoms with van der Waals surface area (Å²) in [5, 5.41) is 11.9. The lowest BCUT2D eigenvalue weighted by atomic mass is 9.71. The molecule has 6 nitrogen and oxygen atoms in total. The summed E-state index contributed by atoms with van der Waals surface area (Å²) < 4.78 is 24.6. The third-order valence-electron chi connectivity index (χ3n) is 8.04. The number of aryl methyl sites for hydroxylation is 1. The predicted octanol–water partition coefficient (Wildman–Crippen LogP) is 5.56. The van der Waals surface area contributed by atoms with Crippen molar-refractivity contribution in [3.8, 4) is 5.75 Å². The number of nitrogens with zero attached hydrogens (tertiary/aromatic N) is 1. The first-order chi connectivity index (χ1) is 17.7. The fraction of sp³-hybridized carbons (Fsp3) is 0.448. The van der Waals surface area contributed by atoms with E-state index in [1.807, 2.05) is 17.9 Å². The van der Waals surface area contributed by atoms with E-state index in [0.29, 0.717) is 48.4 Å². The zero-order chi connectivity index (χ0) is 26.2. The number of rotatable bonds is 6. The average Bonchev–Trinajstić information content (AvgIpc) is 2.87. The largest absolute Gasteiger partial charge is 0.489 e. The number of carbonyl (C=O) groups is 1. The number of likely N-dealkylation sites (tertiary alicyclic amines) is 1. The Morgan fingerprint density at radius 2 is 2.08 bits per heavy atom. The Kier molecular flexibility index (Phi) is 7.28. The molecule has 1 saturated carbocycles. The van der Waals surface area contributed by atoms with Crippen molar-refractivity contribution in [2.24, 2.45) is 5.92 Å². The van der Waals surface area contributed by atoms with Crippen molar-refractivity contribution in [2.75, 3.05) is 13.1 Å². The van der Waals surface area contributed by atoms with E-state index in [2.05, 4.69) is 0 Å². The average molecular weight is 528 g/mol. The molecule has 1 amide bonds. The molecule has 2 fully saturated rings. The lowest BCUT2D eigenvalue weighted by Gasteiger charge is -2.47. The van der Waals surface area contributed by atoms with Gasteiger partial charge in [-0.1, -0.05) is 30.5 Å². The van der Waals surface area contributed by atoms with Gasteiger partial charge in [-0.2, -0.15) is 0 Å². The monoisotopic (exact) mass is 527 g/mol. The molecule has 0 spiro atoms. The second-order valence-corrected chi connectivity index (χ2v) is 10.7.